The highest BCUT2D eigenvalue weighted by Crippen LogP contribution is 2.54. The highest BCUT2D eigenvalue weighted by Gasteiger charge is 2.54. The molecule has 9 atom stereocenters. The van der Waals surface area contributed by atoms with E-state index in [-0.39, 0.29) is 53.9 Å². The van der Waals surface area contributed by atoms with Crippen LogP contribution in [0, 0.1) is 17.2 Å². The van der Waals surface area contributed by atoms with E-state index in [1.807, 2.05) is 6.07 Å². The van der Waals surface area contributed by atoms with E-state index < -0.39 is 102 Å². The van der Waals surface area contributed by atoms with Gasteiger partial charge >= 0.3 is 16.1 Å². The van der Waals surface area contributed by atoms with Crippen molar-refractivity contribution in [2.24, 2.45) is 5.92 Å². The summed E-state index contributed by atoms with van der Waals surface area (Å²) in [5.41, 5.74) is -0.0831. The Morgan fingerprint density at radius 3 is 2.67 bits per heavy atom. The van der Waals surface area contributed by atoms with Gasteiger partial charge in [-0.05, 0) is 12.1 Å². The second-order valence-corrected chi connectivity index (χ2v) is 16.4. The lowest BCUT2D eigenvalue weighted by Crippen LogP contribution is -2.45. The third-order valence-electron chi connectivity index (χ3n) is 9.55. The summed E-state index contributed by atoms with van der Waals surface area (Å²) in [7, 11) is -8.47. The first-order valence-electron chi connectivity index (χ1n) is 18.7. The fraction of sp³-hybridized carbons (Fsp3) is 0.471. The lowest BCUT2D eigenvalue weighted by Gasteiger charge is -2.31. The highest BCUT2D eigenvalue weighted by atomic mass is 31.2. The van der Waals surface area contributed by atoms with Gasteiger partial charge in [-0.1, -0.05) is 32.0 Å². The summed E-state index contributed by atoms with van der Waals surface area (Å²) in [5.74, 6) is -1.63. The third kappa shape index (κ3) is 9.63. The van der Waals surface area contributed by atoms with E-state index in [9.17, 15) is 38.8 Å². The van der Waals surface area contributed by atoms with E-state index in [0.717, 1.165) is 0 Å². The number of carbonyl (C=O) groups is 2. The number of nitriles is 1. The maximum absolute atomic E-state index is 16.1. The fourth-order valence-electron chi connectivity index (χ4n) is 6.63. The molecule has 326 valence electrons. The molecule has 2 saturated heterocycles. The van der Waals surface area contributed by atoms with Gasteiger partial charge in [-0.3, -0.25) is 47.4 Å². The molecule has 1 aromatic carbocycles. The Morgan fingerprint density at radius 2 is 1.95 bits per heavy atom. The standard InChI is InChI=1S/C34H40FN11O13P2/c1-17(2)29(48)43-34-42-28-24(31(50)44-34)40-16-46(28)33-25(22(35)21(12-47)57-33)59-61(53,54-10-6-9-36)55-13-19-11-20(58-60(51)52)32(56-19)45-15-39-23-26(37-14-38-27(23)45)41-30(49)18-7-4-3-5-8-18/h3-5,7-8,14-15,17,19-22,25,32-33,40,47,60H,6,10-13,16H2,1-2H3,(H,51,52)(H,37,38,41,49)(H2,42,43,44,48,50)/t19-,20+,21+,22+,25+,32+,33+,61?/m0/s1. The number of phosphoric acid groups is 1. The van der Waals surface area contributed by atoms with Crippen LogP contribution in [0.4, 0.5) is 27.7 Å². The molecule has 0 spiro atoms. The first-order valence-corrected chi connectivity index (χ1v) is 21.4. The second kappa shape index (κ2) is 18.8. The van der Waals surface area contributed by atoms with Gasteiger partial charge in [0.2, 0.25) is 11.9 Å². The topological polar surface area (TPSA) is 317 Å². The molecule has 4 aromatic rings. The van der Waals surface area contributed by atoms with Crippen molar-refractivity contribution in [3.05, 3.63) is 58.9 Å². The SMILES string of the molecule is CC(C)C(=O)Nc1nc2c(c(=O)[nH]1)NCN2[C@@H]1O[C@H](CO)[C@@H](F)[C@H]1OP(=O)(OCCC#N)OC[C@@H]1C[C@@H](O[PH](=O)O)[C@H](n2cnc3c(NC(=O)c4ccccc4)ncnc32)O1. The predicted octanol–water partition coefficient (Wildman–Crippen LogP) is 2.20. The number of phosphoric ester groups is 1. The molecule has 7 rings (SSSR count). The molecular weight excluding hydrogens is 851 g/mol. The number of nitrogens with zero attached hydrogens (tertiary/aromatic N) is 7. The van der Waals surface area contributed by atoms with Crippen molar-refractivity contribution in [2.75, 3.05) is 47.3 Å². The van der Waals surface area contributed by atoms with Crippen LogP contribution in [-0.2, 0) is 41.5 Å². The molecule has 0 radical (unpaired) electrons. The summed E-state index contributed by atoms with van der Waals surface area (Å²) in [6, 6.07) is 10.2. The van der Waals surface area contributed by atoms with Crippen LogP contribution < -0.4 is 26.4 Å². The lowest BCUT2D eigenvalue weighted by atomic mass is 10.1. The normalized spacial score (nSPS) is 24.9. The number of anilines is 4. The molecule has 61 heavy (non-hydrogen) atoms. The van der Waals surface area contributed by atoms with Crippen LogP contribution in [0.1, 0.15) is 43.3 Å². The van der Waals surface area contributed by atoms with Crippen molar-refractivity contribution < 1.29 is 60.7 Å². The highest BCUT2D eigenvalue weighted by molar-refractivity contribution is 7.48. The number of aliphatic hydroxyl groups is 1. The van der Waals surface area contributed by atoms with E-state index in [1.165, 1.54) is 22.1 Å². The number of aliphatic hydroxyl groups excluding tert-OH is 1. The van der Waals surface area contributed by atoms with E-state index in [0.29, 0.717) is 5.56 Å². The van der Waals surface area contributed by atoms with Crippen LogP contribution in [-0.4, -0.2) is 115 Å². The number of hydrogen-bond donors (Lipinski definition) is 6. The number of rotatable bonds is 17. The van der Waals surface area contributed by atoms with Gasteiger partial charge in [-0.15, -0.1) is 0 Å². The number of carbonyl (C=O) groups excluding carboxylic acids is 2. The summed E-state index contributed by atoms with van der Waals surface area (Å²) >= 11 is 0. The summed E-state index contributed by atoms with van der Waals surface area (Å²) in [5, 5.41) is 27.2. The number of alkyl halides is 1. The zero-order valence-electron chi connectivity index (χ0n) is 32.2. The smallest absolute Gasteiger partial charge is 0.394 e. The molecule has 24 nitrogen and oxygen atoms in total. The predicted molar refractivity (Wildman–Crippen MR) is 209 cm³/mol. The second-order valence-electron chi connectivity index (χ2n) is 14.0. The number of benzene rings is 1. The number of fused-ring (bicyclic) bond motifs is 2. The molecule has 6 N–H and O–H groups in total. The molecule has 2 fully saturated rings. The summed E-state index contributed by atoms with van der Waals surface area (Å²) in [4.78, 5) is 68.7. The number of hydrogen-bond acceptors (Lipinski definition) is 19. The molecule has 6 heterocycles. The number of nitrogens with one attached hydrogen (secondary N) is 4. The van der Waals surface area contributed by atoms with Crippen LogP contribution in [0.3, 0.4) is 0 Å². The summed E-state index contributed by atoms with van der Waals surface area (Å²) in [6.07, 6.45) is -8.39. The monoisotopic (exact) mass is 891 g/mol. The Kier molecular flexibility index (Phi) is 13.5. The van der Waals surface area contributed by atoms with Gasteiger partial charge in [0.05, 0.1) is 51.4 Å². The number of aromatic nitrogens is 6. The van der Waals surface area contributed by atoms with Gasteiger partial charge in [-0.2, -0.15) is 10.2 Å². The van der Waals surface area contributed by atoms with Crippen molar-refractivity contribution in [1.29, 1.82) is 5.26 Å². The molecule has 0 aliphatic carbocycles. The van der Waals surface area contributed by atoms with Crippen molar-refractivity contribution in [1.82, 2.24) is 29.5 Å². The van der Waals surface area contributed by atoms with E-state index in [1.54, 1.807) is 44.2 Å². The van der Waals surface area contributed by atoms with Gasteiger partial charge in [-0.25, -0.2) is 23.9 Å². The molecule has 3 aromatic heterocycles. The van der Waals surface area contributed by atoms with Gasteiger partial charge in [0.1, 0.15) is 30.3 Å². The Morgan fingerprint density at radius 1 is 1.16 bits per heavy atom. The van der Waals surface area contributed by atoms with Gasteiger partial charge in [0.15, 0.2) is 41.4 Å². The van der Waals surface area contributed by atoms with Crippen molar-refractivity contribution in [2.45, 2.75) is 69.7 Å². The van der Waals surface area contributed by atoms with Gasteiger partial charge < -0.3 is 39.5 Å². The van der Waals surface area contributed by atoms with Crippen LogP contribution in [0.2, 0.25) is 0 Å². The number of H-pyrrole nitrogens is 1. The van der Waals surface area contributed by atoms with Crippen molar-refractivity contribution in [3.63, 3.8) is 0 Å². The van der Waals surface area contributed by atoms with Gasteiger partial charge in [0, 0.05) is 17.9 Å². The third-order valence-corrected chi connectivity index (χ3v) is 11.5. The van der Waals surface area contributed by atoms with Gasteiger partial charge in [0.25, 0.3) is 11.5 Å². The summed E-state index contributed by atoms with van der Waals surface area (Å²) < 4.78 is 78.0. The van der Waals surface area contributed by atoms with Crippen LogP contribution in [0.15, 0.2) is 47.8 Å². The minimum Gasteiger partial charge on any atom is -0.394 e. The number of imidazole rings is 1. The van der Waals surface area contributed by atoms with Crippen LogP contribution >= 0.6 is 16.1 Å². The molecular formula is C34H40FN11O13P2. The number of amides is 2. The fourth-order valence-corrected chi connectivity index (χ4v) is 8.48. The van der Waals surface area contributed by atoms with E-state index in [2.05, 4.69) is 40.9 Å². The Bertz CT molecular complexity index is 2420. The first kappa shape index (κ1) is 43.8. The zero-order chi connectivity index (χ0) is 43.4. The first-order chi connectivity index (χ1) is 29.3. The Labute approximate surface area is 345 Å². The van der Waals surface area contributed by atoms with Crippen molar-refractivity contribution in [3.8, 4) is 6.07 Å². The number of halogens is 1. The minimum atomic E-state index is -4.90. The average molecular weight is 892 g/mol. The molecule has 27 heteroatoms. The maximum atomic E-state index is 16.1. The van der Waals surface area contributed by atoms with E-state index >= 15 is 4.39 Å². The van der Waals surface area contributed by atoms with Crippen LogP contribution in [0.5, 0.6) is 0 Å². The molecule has 2 amide bonds. The molecule has 0 saturated carbocycles. The molecule has 3 aliphatic rings. The number of ether oxygens (including phenoxy) is 2. The molecule has 2 unspecified atom stereocenters. The zero-order valence-corrected chi connectivity index (χ0v) is 34.1. The largest absolute Gasteiger partial charge is 0.475 e. The summed E-state index contributed by atoms with van der Waals surface area (Å²) in [6.45, 7) is 1.11. The number of aromatic amines is 1. The molecule has 3 aliphatic heterocycles. The van der Waals surface area contributed by atoms with Crippen molar-refractivity contribution >= 4 is 62.3 Å². The van der Waals surface area contributed by atoms with E-state index in [4.69, 9.17) is 27.6 Å². The average Bonchev–Trinajstić information content (AvgIpc) is 4.02. The Hall–Kier alpha value is -5.25. The molecule has 0 bridgehead atoms. The Balaban J connectivity index is 1.11. The minimum absolute atomic E-state index is 0.0575. The lowest BCUT2D eigenvalue weighted by molar-refractivity contribution is -0.118. The maximum Gasteiger partial charge on any atom is 0.475 e. The van der Waals surface area contributed by atoms with Crippen LogP contribution in [0.25, 0.3) is 11.2 Å². The quantitative estimate of drug-likeness (QED) is 0.0654.